The van der Waals surface area contributed by atoms with Crippen LogP contribution in [0.5, 0.6) is 0 Å². The van der Waals surface area contributed by atoms with Gasteiger partial charge in [0.2, 0.25) is 11.8 Å². The molecule has 0 heterocycles. The Balaban J connectivity index is 4.77. The van der Waals surface area contributed by atoms with Gasteiger partial charge in [0.25, 0.3) is 0 Å². The van der Waals surface area contributed by atoms with Crippen LogP contribution in [0.4, 0.5) is 0 Å². The minimum Gasteiger partial charge on any atom is -0.480 e. The molecule has 0 aliphatic heterocycles. The van der Waals surface area contributed by atoms with Crippen LogP contribution in [0.2, 0.25) is 0 Å². The lowest BCUT2D eigenvalue weighted by molar-refractivity contribution is -0.142. The van der Waals surface area contributed by atoms with Crippen molar-refractivity contribution in [1.82, 2.24) is 10.6 Å². The Morgan fingerprint density at radius 1 is 0.900 bits per heavy atom. The number of nitrogens with one attached hydrogen (secondary N) is 2. The van der Waals surface area contributed by atoms with Gasteiger partial charge < -0.3 is 15.7 Å². The topological polar surface area (TPSA) is 95.5 Å². The maximum Gasteiger partial charge on any atom is 0.326 e. The molecule has 0 bridgehead atoms. The summed E-state index contributed by atoms with van der Waals surface area (Å²) in [5.74, 6) is -1.44. The number of carbonyl (C=O) groups is 3. The second-order valence-corrected chi connectivity index (χ2v) is 5.91. The molecule has 0 rings (SSSR count). The molecule has 0 aromatic carbocycles. The first-order chi connectivity index (χ1) is 9.13. The number of carboxylic acid groups (broad SMARTS) is 1. The molecule has 116 valence electrons. The van der Waals surface area contributed by atoms with E-state index in [9.17, 15) is 14.4 Å². The summed E-state index contributed by atoms with van der Waals surface area (Å²) in [6, 6.07) is -1.62. The quantitative estimate of drug-likeness (QED) is 0.624. The number of carbonyl (C=O) groups excluding carboxylic acids is 2. The summed E-state index contributed by atoms with van der Waals surface area (Å²) in [5, 5.41) is 14.2. The SMILES string of the molecule is CC(=O)N[C@@H](CC(C)C)C(=O)N[C@@H](CC(C)C)C(=O)O. The molecule has 6 heteroatoms. The summed E-state index contributed by atoms with van der Waals surface area (Å²) < 4.78 is 0. The third-order valence-electron chi connectivity index (χ3n) is 2.72. The predicted octanol–water partition coefficient (Wildman–Crippen LogP) is 1.15. The molecule has 6 nitrogen and oxygen atoms in total. The molecule has 0 saturated carbocycles. The molecule has 0 saturated heterocycles. The van der Waals surface area contributed by atoms with E-state index >= 15 is 0 Å². The lowest BCUT2D eigenvalue weighted by Gasteiger charge is -2.23. The summed E-state index contributed by atoms with van der Waals surface area (Å²) in [6.45, 7) is 8.99. The van der Waals surface area contributed by atoms with E-state index in [1.807, 2.05) is 27.7 Å². The maximum atomic E-state index is 12.1. The van der Waals surface area contributed by atoms with Gasteiger partial charge in [0, 0.05) is 6.92 Å². The van der Waals surface area contributed by atoms with Crippen LogP contribution in [0.15, 0.2) is 0 Å². The van der Waals surface area contributed by atoms with E-state index in [0.717, 1.165) is 0 Å². The fourth-order valence-corrected chi connectivity index (χ4v) is 1.91. The Bertz CT molecular complexity index is 353. The normalized spacial score (nSPS) is 13.9. The number of rotatable bonds is 8. The monoisotopic (exact) mass is 286 g/mol. The average Bonchev–Trinajstić information content (AvgIpc) is 2.24. The van der Waals surface area contributed by atoms with Crippen molar-refractivity contribution < 1.29 is 19.5 Å². The minimum atomic E-state index is -1.06. The van der Waals surface area contributed by atoms with E-state index in [1.165, 1.54) is 6.92 Å². The zero-order valence-corrected chi connectivity index (χ0v) is 12.9. The van der Waals surface area contributed by atoms with E-state index in [4.69, 9.17) is 5.11 Å². The second-order valence-electron chi connectivity index (χ2n) is 5.91. The predicted molar refractivity (Wildman–Crippen MR) is 76.1 cm³/mol. The van der Waals surface area contributed by atoms with Gasteiger partial charge in [0.15, 0.2) is 0 Å². The minimum absolute atomic E-state index is 0.153. The number of hydrogen-bond donors (Lipinski definition) is 3. The highest BCUT2D eigenvalue weighted by atomic mass is 16.4. The van der Waals surface area contributed by atoms with E-state index in [0.29, 0.717) is 12.8 Å². The summed E-state index contributed by atoms with van der Waals surface area (Å²) in [6.07, 6.45) is 0.828. The molecular weight excluding hydrogens is 260 g/mol. The van der Waals surface area contributed by atoms with E-state index in [-0.39, 0.29) is 17.7 Å². The first kappa shape index (κ1) is 18.4. The highest BCUT2D eigenvalue weighted by Crippen LogP contribution is 2.08. The largest absolute Gasteiger partial charge is 0.480 e. The van der Waals surface area contributed by atoms with Crippen molar-refractivity contribution in [2.45, 2.75) is 59.5 Å². The first-order valence-corrected chi connectivity index (χ1v) is 6.93. The van der Waals surface area contributed by atoms with Gasteiger partial charge in [-0.1, -0.05) is 27.7 Å². The van der Waals surface area contributed by atoms with Gasteiger partial charge in [-0.25, -0.2) is 4.79 Å². The van der Waals surface area contributed by atoms with Gasteiger partial charge in [-0.2, -0.15) is 0 Å². The Morgan fingerprint density at radius 3 is 1.70 bits per heavy atom. The number of carboxylic acids is 1. The van der Waals surface area contributed by atoms with Crippen LogP contribution < -0.4 is 10.6 Å². The summed E-state index contributed by atoms with van der Waals surface area (Å²) >= 11 is 0. The van der Waals surface area contributed by atoms with Crippen LogP contribution in [0.1, 0.15) is 47.5 Å². The molecule has 0 radical (unpaired) electrons. The smallest absolute Gasteiger partial charge is 0.326 e. The highest BCUT2D eigenvalue weighted by molar-refractivity contribution is 5.89. The molecule has 0 aromatic rings. The molecule has 0 aliphatic carbocycles. The van der Waals surface area contributed by atoms with Crippen molar-refractivity contribution in [3.63, 3.8) is 0 Å². The van der Waals surface area contributed by atoms with Crippen LogP contribution in [-0.4, -0.2) is 35.0 Å². The fourth-order valence-electron chi connectivity index (χ4n) is 1.91. The second kappa shape index (κ2) is 8.55. The van der Waals surface area contributed by atoms with Gasteiger partial charge in [0.05, 0.1) is 0 Å². The molecular formula is C14H26N2O4. The van der Waals surface area contributed by atoms with Crippen LogP contribution >= 0.6 is 0 Å². The third-order valence-corrected chi connectivity index (χ3v) is 2.72. The Kier molecular flexibility index (Phi) is 7.87. The van der Waals surface area contributed by atoms with Crippen molar-refractivity contribution in [1.29, 1.82) is 0 Å². The average molecular weight is 286 g/mol. The van der Waals surface area contributed by atoms with Crippen LogP contribution in [-0.2, 0) is 14.4 Å². The molecule has 20 heavy (non-hydrogen) atoms. The van der Waals surface area contributed by atoms with Crippen molar-refractivity contribution in [2.24, 2.45) is 11.8 Å². The number of hydrogen-bond acceptors (Lipinski definition) is 3. The molecule has 0 fully saturated rings. The van der Waals surface area contributed by atoms with Gasteiger partial charge in [-0.3, -0.25) is 9.59 Å². The number of aliphatic carboxylic acids is 1. The van der Waals surface area contributed by atoms with Gasteiger partial charge in [-0.05, 0) is 24.7 Å². The first-order valence-electron chi connectivity index (χ1n) is 6.93. The van der Waals surface area contributed by atoms with Crippen LogP contribution in [0.25, 0.3) is 0 Å². The summed E-state index contributed by atoms with van der Waals surface area (Å²) in [4.78, 5) is 34.4. The van der Waals surface area contributed by atoms with E-state index in [1.54, 1.807) is 0 Å². The zero-order chi connectivity index (χ0) is 15.9. The highest BCUT2D eigenvalue weighted by Gasteiger charge is 2.26. The maximum absolute atomic E-state index is 12.1. The molecule has 0 aliphatic rings. The zero-order valence-electron chi connectivity index (χ0n) is 12.9. The molecule has 2 atom stereocenters. The van der Waals surface area contributed by atoms with Crippen LogP contribution in [0, 0.1) is 11.8 Å². The lowest BCUT2D eigenvalue weighted by atomic mass is 10.0. The molecule has 0 aromatic heterocycles. The summed E-state index contributed by atoms with van der Waals surface area (Å²) in [7, 11) is 0. The van der Waals surface area contributed by atoms with Gasteiger partial charge >= 0.3 is 5.97 Å². The molecule has 2 amide bonds. The third kappa shape index (κ3) is 7.76. The van der Waals surface area contributed by atoms with E-state index in [2.05, 4.69) is 10.6 Å². The Hall–Kier alpha value is -1.59. The Morgan fingerprint density at radius 2 is 1.35 bits per heavy atom. The fraction of sp³-hybridized carbons (Fsp3) is 0.786. The molecule has 3 N–H and O–H groups in total. The van der Waals surface area contributed by atoms with Crippen molar-refractivity contribution in [3.8, 4) is 0 Å². The number of amides is 2. The van der Waals surface area contributed by atoms with E-state index < -0.39 is 24.0 Å². The van der Waals surface area contributed by atoms with Crippen LogP contribution in [0.3, 0.4) is 0 Å². The van der Waals surface area contributed by atoms with Gasteiger partial charge in [-0.15, -0.1) is 0 Å². The summed E-state index contributed by atoms with van der Waals surface area (Å²) in [5.41, 5.74) is 0. The molecule has 0 spiro atoms. The lowest BCUT2D eigenvalue weighted by Crippen LogP contribution is -2.52. The Labute approximate surface area is 120 Å². The van der Waals surface area contributed by atoms with Crippen molar-refractivity contribution in [3.05, 3.63) is 0 Å². The van der Waals surface area contributed by atoms with Crippen molar-refractivity contribution >= 4 is 17.8 Å². The van der Waals surface area contributed by atoms with Crippen molar-refractivity contribution in [2.75, 3.05) is 0 Å². The standard InChI is InChI=1S/C14H26N2O4/c1-8(2)6-11(15-10(5)17)13(18)16-12(14(19)20)7-9(3)4/h8-9,11-12H,6-7H2,1-5H3,(H,15,17)(H,16,18)(H,19,20)/t11-,12-/m0/s1. The molecule has 0 unspecified atom stereocenters. The van der Waals surface area contributed by atoms with Gasteiger partial charge in [0.1, 0.15) is 12.1 Å².